The Morgan fingerprint density at radius 2 is 1.90 bits per heavy atom. The lowest BCUT2D eigenvalue weighted by Crippen LogP contribution is -2.29. The Morgan fingerprint density at radius 1 is 1.15 bits per heavy atom. The van der Waals surface area contributed by atoms with Crippen LogP contribution in [0.15, 0.2) is 39.9 Å². The first-order chi connectivity index (χ1) is 9.35. The molecule has 4 heteroatoms. The van der Waals surface area contributed by atoms with Gasteiger partial charge in [-0.05, 0) is 62.8 Å². The third-order valence-electron chi connectivity index (χ3n) is 2.75. The average Bonchev–Trinajstić information content (AvgIpc) is 2.72. The van der Waals surface area contributed by atoms with Crippen molar-refractivity contribution in [1.29, 1.82) is 0 Å². The van der Waals surface area contributed by atoms with Crippen LogP contribution in [0.25, 0.3) is 0 Å². The van der Waals surface area contributed by atoms with Crippen LogP contribution in [0.3, 0.4) is 0 Å². The number of hydrogen-bond acceptors (Lipinski definition) is 3. The van der Waals surface area contributed by atoms with E-state index in [0.29, 0.717) is 0 Å². The first-order valence-electron chi connectivity index (χ1n) is 6.73. The van der Waals surface area contributed by atoms with Crippen LogP contribution in [-0.2, 0) is 0 Å². The Hall–Kier alpha value is -1.81. The second kappa shape index (κ2) is 5.67. The van der Waals surface area contributed by atoms with Crippen LogP contribution in [0, 0.1) is 13.8 Å². The number of hydrogen-bond donors (Lipinski definition) is 0. The predicted molar refractivity (Wildman–Crippen MR) is 85.9 cm³/mol. The van der Waals surface area contributed by atoms with Crippen LogP contribution >= 0.6 is 0 Å². The van der Waals surface area contributed by atoms with E-state index in [-0.39, 0.29) is 0 Å². The Balaban J connectivity index is 2.32. The SMILES string of the molecule is Cc1ccc(/N=C/c2occc2C)c(O[Si](C)(C)C)c1. The van der Waals surface area contributed by atoms with Gasteiger partial charge in [-0.1, -0.05) is 6.07 Å². The van der Waals surface area contributed by atoms with Gasteiger partial charge in [0.15, 0.2) is 0 Å². The molecule has 2 aromatic rings. The quantitative estimate of drug-likeness (QED) is 0.594. The third kappa shape index (κ3) is 3.84. The van der Waals surface area contributed by atoms with Gasteiger partial charge in [0.2, 0.25) is 8.32 Å². The fourth-order valence-electron chi connectivity index (χ4n) is 1.78. The molecule has 0 spiro atoms. The highest BCUT2D eigenvalue weighted by molar-refractivity contribution is 6.70. The molecule has 0 radical (unpaired) electrons. The summed E-state index contributed by atoms with van der Waals surface area (Å²) in [6, 6.07) is 7.99. The Labute approximate surface area is 121 Å². The molecule has 0 N–H and O–H groups in total. The molecule has 1 aromatic heterocycles. The van der Waals surface area contributed by atoms with Crippen molar-refractivity contribution in [3.05, 3.63) is 47.4 Å². The molecule has 0 fully saturated rings. The van der Waals surface area contributed by atoms with Gasteiger partial charge in [0.05, 0.1) is 12.5 Å². The van der Waals surface area contributed by atoms with Crippen molar-refractivity contribution in [3.63, 3.8) is 0 Å². The number of rotatable bonds is 4. The van der Waals surface area contributed by atoms with E-state index in [9.17, 15) is 0 Å². The molecule has 106 valence electrons. The van der Waals surface area contributed by atoms with Crippen molar-refractivity contribution in [3.8, 4) is 5.75 Å². The molecule has 0 amide bonds. The highest BCUT2D eigenvalue weighted by atomic mass is 28.4. The largest absolute Gasteiger partial charge is 0.543 e. The molecule has 0 bridgehead atoms. The molecule has 0 aliphatic heterocycles. The van der Waals surface area contributed by atoms with E-state index >= 15 is 0 Å². The summed E-state index contributed by atoms with van der Waals surface area (Å²) < 4.78 is 11.5. The van der Waals surface area contributed by atoms with Gasteiger partial charge in [0.25, 0.3) is 0 Å². The van der Waals surface area contributed by atoms with Crippen molar-refractivity contribution < 1.29 is 8.84 Å². The summed E-state index contributed by atoms with van der Waals surface area (Å²) in [5.74, 6) is 1.63. The van der Waals surface area contributed by atoms with Crippen LogP contribution in [-0.4, -0.2) is 14.5 Å². The van der Waals surface area contributed by atoms with Gasteiger partial charge >= 0.3 is 0 Å². The summed E-state index contributed by atoms with van der Waals surface area (Å²) in [4.78, 5) is 4.51. The smallest absolute Gasteiger partial charge is 0.242 e. The normalized spacial score (nSPS) is 12.1. The average molecular weight is 287 g/mol. The monoisotopic (exact) mass is 287 g/mol. The maximum Gasteiger partial charge on any atom is 0.242 e. The molecule has 0 saturated heterocycles. The number of aryl methyl sites for hydroxylation is 2. The topological polar surface area (TPSA) is 34.7 Å². The van der Waals surface area contributed by atoms with Crippen LogP contribution in [0.2, 0.25) is 19.6 Å². The maximum absolute atomic E-state index is 6.11. The first kappa shape index (κ1) is 14.6. The lowest BCUT2D eigenvalue weighted by Gasteiger charge is -2.20. The minimum atomic E-state index is -1.66. The van der Waals surface area contributed by atoms with Gasteiger partial charge in [-0.3, -0.25) is 0 Å². The maximum atomic E-state index is 6.11. The third-order valence-corrected chi connectivity index (χ3v) is 3.59. The number of benzene rings is 1. The van der Waals surface area contributed by atoms with Crippen molar-refractivity contribution in [1.82, 2.24) is 0 Å². The molecule has 2 rings (SSSR count). The van der Waals surface area contributed by atoms with Crippen molar-refractivity contribution >= 4 is 20.2 Å². The lowest BCUT2D eigenvalue weighted by molar-refractivity contribution is 0.556. The van der Waals surface area contributed by atoms with Gasteiger partial charge in [0.1, 0.15) is 17.2 Å². The van der Waals surface area contributed by atoms with Gasteiger partial charge in [-0.25, -0.2) is 4.99 Å². The van der Waals surface area contributed by atoms with Crippen molar-refractivity contribution in [2.45, 2.75) is 33.5 Å². The highest BCUT2D eigenvalue weighted by Gasteiger charge is 2.18. The van der Waals surface area contributed by atoms with E-state index < -0.39 is 8.32 Å². The molecule has 1 aromatic carbocycles. The number of aliphatic imine (C=N–C) groups is 1. The first-order valence-corrected chi connectivity index (χ1v) is 10.1. The summed E-state index contributed by atoms with van der Waals surface area (Å²) in [6.45, 7) is 10.6. The van der Waals surface area contributed by atoms with E-state index in [4.69, 9.17) is 8.84 Å². The zero-order valence-electron chi connectivity index (χ0n) is 12.7. The van der Waals surface area contributed by atoms with Crippen LogP contribution in [0.1, 0.15) is 16.9 Å². The molecule has 1 heterocycles. The molecule has 20 heavy (non-hydrogen) atoms. The Bertz CT molecular complexity index is 624. The molecule has 0 aliphatic carbocycles. The van der Waals surface area contributed by atoms with Gasteiger partial charge < -0.3 is 8.84 Å². The second-order valence-corrected chi connectivity index (χ2v) is 10.3. The summed E-state index contributed by atoms with van der Waals surface area (Å²) in [6.07, 6.45) is 3.42. The highest BCUT2D eigenvalue weighted by Crippen LogP contribution is 2.30. The van der Waals surface area contributed by atoms with E-state index in [1.54, 1.807) is 12.5 Å². The molecule has 0 atom stereocenters. The standard InChI is InChI=1S/C16H21NO2Si/c1-12-6-7-14(15(10-12)19-20(3,4)5)17-11-16-13(2)8-9-18-16/h6-11H,1-5H3/b17-11+. The van der Waals surface area contributed by atoms with Crippen molar-refractivity contribution in [2.75, 3.05) is 0 Å². The zero-order valence-corrected chi connectivity index (χ0v) is 13.7. The summed E-state index contributed by atoms with van der Waals surface area (Å²) in [7, 11) is -1.66. The second-order valence-electron chi connectivity index (χ2n) is 5.91. The van der Waals surface area contributed by atoms with E-state index in [1.165, 1.54) is 5.56 Å². The van der Waals surface area contributed by atoms with Crippen LogP contribution < -0.4 is 4.43 Å². The number of furan rings is 1. The molecule has 3 nitrogen and oxygen atoms in total. The van der Waals surface area contributed by atoms with Crippen LogP contribution in [0.4, 0.5) is 5.69 Å². The Morgan fingerprint density at radius 3 is 2.50 bits per heavy atom. The molecule has 0 aliphatic rings. The minimum absolute atomic E-state index is 0.782. The molecular weight excluding hydrogens is 266 g/mol. The Kier molecular flexibility index (Phi) is 4.14. The zero-order chi connectivity index (χ0) is 14.8. The van der Waals surface area contributed by atoms with Gasteiger partial charge in [-0.2, -0.15) is 0 Å². The summed E-state index contributed by atoms with van der Waals surface area (Å²) in [5, 5.41) is 0. The summed E-state index contributed by atoms with van der Waals surface area (Å²) >= 11 is 0. The predicted octanol–water partition coefficient (Wildman–Crippen LogP) is 4.86. The van der Waals surface area contributed by atoms with Gasteiger partial charge in [-0.15, -0.1) is 0 Å². The van der Waals surface area contributed by atoms with Gasteiger partial charge in [0, 0.05) is 0 Å². The minimum Gasteiger partial charge on any atom is -0.543 e. The van der Waals surface area contributed by atoms with Crippen LogP contribution in [0.5, 0.6) is 5.75 Å². The molecule has 0 saturated carbocycles. The fourth-order valence-corrected chi connectivity index (χ4v) is 2.61. The van der Waals surface area contributed by atoms with E-state index in [1.807, 2.05) is 31.2 Å². The molecule has 0 unspecified atom stereocenters. The summed E-state index contributed by atoms with van der Waals surface area (Å²) in [5.41, 5.74) is 3.09. The molecular formula is C16H21NO2Si. The number of nitrogens with zero attached hydrogens (tertiary/aromatic N) is 1. The lowest BCUT2D eigenvalue weighted by atomic mass is 10.2. The van der Waals surface area contributed by atoms with E-state index in [2.05, 4.69) is 31.6 Å². The van der Waals surface area contributed by atoms with Crippen molar-refractivity contribution in [2.24, 2.45) is 4.99 Å². The fraction of sp³-hybridized carbons (Fsp3) is 0.312. The van der Waals surface area contributed by atoms with E-state index in [0.717, 1.165) is 22.8 Å².